The van der Waals surface area contributed by atoms with Crippen molar-refractivity contribution in [2.75, 3.05) is 6.54 Å². The first-order chi connectivity index (χ1) is 10.4. The second kappa shape index (κ2) is 6.00. The molecule has 0 spiro atoms. The third-order valence-corrected chi connectivity index (χ3v) is 3.49. The van der Waals surface area contributed by atoms with Gasteiger partial charge in [-0.05, 0) is 23.1 Å². The van der Waals surface area contributed by atoms with Crippen molar-refractivity contribution < 1.29 is 18.0 Å². The Kier molecular flexibility index (Phi) is 4.29. The highest BCUT2D eigenvalue weighted by atomic mass is 19.4. The number of alkyl halides is 3. The van der Waals surface area contributed by atoms with E-state index in [0.29, 0.717) is 16.0 Å². The molecule has 2 rings (SSSR count). The van der Waals surface area contributed by atoms with Crippen molar-refractivity contribution in [3.63, 3.8) is 0 Å². The molecule has 1 unspecified atom stereocenters. The van der Waals surface area contributed by atoms with Crippen LogP contribution < -0.4 is 0 Å². The van der Waals surface area contributed by atoms with Gasteiger partial charge in [0.2, 0.25) is 0 Å². The summed E-state index contributed by atoms with van der Waals surface area (Å²) in [4.78, 5) is 14.9. The first-order valence-corrected chi connectivity index (χ1v) is 6.34. The summed E-state index contributed by atoms with van der Waals surface area (Å²) in [5.74, 6) is 0.0833. The highest BCUT2D eigenvalue weighted by molar-refractivity contribution is 5.82. The quantitative estimate of drug-likeness (QED) is 0.364. The van der Waals surface area contributed by atoms with Gasteiger partial charge in [0.25, 0.3) is 0 Å². The number of halogens is 3. The standard InChI is InChI=1S/C14H11F3N4O/c1-2-7-21(13(22)14(15,16)17)12-8-11(19-20-18)9-5-3-4-6-10(9)12/h1,3-6,11-12H,7-8H2/t11-,12?/m0/s1. The average Bonchev–Trinajstić information content (AvgIpc) is 2.83. The Morgan fingerprint density at radius 2 is 2.09 bits per heavy atom. The van der Waals surface area contributed by atoms with Gasteiger partial charge in [-0.1, -0.05) is 35.3 Å². The van der Waals surface area contributed by atoms with E-state index in [2.05, 4.69) is 15.9 Å². The Labute approximate surface area is 124 Å². The zero-order valence-electron chi connectivity index (χ0n) is 11.3. The van der Waals surface area contributed by atoms with E-state index in [1.165, 1.54) is 0 Å². The zero-order chi connectivity index (χ0) is 16.3. The van der Waals surface area contributed by atoms with E-state index < -0.39 is 30.7 Å². The van der Waals surface area contributed by atoms with Crippen LogP contribution in [0.1, 0.15) is 29.6 Å². The van der Waals surface area contributed by atoms with E-state index >= 15 is 0 Å². The predicted octanol–water partition coefficient (Wildman–Crippen LogP) is 3.51. The molecular weight excluding hydrogens is 297 g/mol. The Bertz CT molecular complexity index is 673. The number of fused-ring (bicyclic) bond motifs is 1. The number of azide groups is 1. The first kappa shape index (κ1) is 15.7. The van der Waals surface area contributed by atoms with Gasteiger partial charge in [0.1, 0.15) is 0 Å². The maximum Gasteiger partial charge on any atom is 0.471 e. The summed E-state index contributed by atoms with van der Waals surface area (Å²) >= 11 is 0. The molecule has 1 aromatic rings. The minimum Gasteiger partial charge on any atom is -0.317 e. The summed E-state index contributed by atoms with van der Waals surface area (Å²) in [5, 5.41) is 3.59. The van der Waals surface area contributed by atoms with Crippen molar-refractivity contribution in [1.29, 1.82) is 0 Å². The van der Waals surface area contributed by atoms with Crippen molar-refractivity contribution in [2.45, 2.75) is 24.7 Å². The monoisotopic (exact) mass is 308 g/mol. The molecule has 0 saturated carbocycles. The van der Waals surface area contributed by atoms with Gasteiger partial charge in [0, 0.05) is 4.91 Å². The third kappa shape index (κ3) is 2.85. The Morgan fingerprint density at radius 1 is 1.45 bits per heavy atom. The van der Waals surface area contributed by atoms with Crippen LogP contribution in [0.25, 0.3) is 10.4 Å². The summed E-state index contributed by atoms with van der Waals surface area (Å²) in [7, 11) is 0. The second-order valence-corrected chi connectivity index (χ2v) is 4.74. The van der Waals surface area contributed by atoms with Gasteiger partial charge in [-0.15, -0.1) is 6.42 Å². The van der Waals surface area contributed by atoms with E-state index in [4.69, 9.17) is 12.0 Å². The minimum absolute atomic E-state index is 0.0763. The fraction of sp³-hybridized carbons (Fsp3) is 0.357. The van der Waals surface area contributed by atoms with Crippen molar-refractivity contribution in [1.82, 2.24) is 4.90 Å². The molecule has 2 atom stereocenters. The number of carbonyl (C=O) groups excluding carboxylic acids is 1. The van der Waals surface area contributed by atoms with Crippen LogP contribution in [0.4, 0.5) is 13.2 Å². The summed E-state index contributed by atoms with van der Waals surface area (Å²) in [6, 6.07) is 5.14. The topological polar surface area (TPSA) is 69.1 Å². The SMILES string of the molecule is C#CCN(C(=O)C(F)(F)F)C1C[C@H](N=[N+]=[N-])c2ccccc21. The molecule has 22 heavy (non-hydrogen) atoms. The molecule has 0 saturated heterocycles. The van der Waals surface area contributed by atoms with E-state index in [1.807, 2.05) is 0 Å². The van der Waals surface area contributed by atoms with Crippen LogP contribution in [0, 0.1) is 12.3 Å². The highest BCUT2D eigenvalue weighted by Crippen LogP contribution is 2.45. The lowest BCUT2D eigenvalue weighted by Crippen LogP contribution is -2.43. The molecule has 0 heterocycles. The molecule has 1 aromatic carbocycles. The van der Waals surface area contributed by atoms with Gasteiger partial charge in [-0.2, -0.15) is 13.2 Å². The first-order valence-electron chi connectivity index (χ1n) is 6.34. The molecule has 8 heteroatoms. The molecule has 114 valence electrons. The molecule has 1 amide bonds. The molecule has 0 radical (unpaired) electrons. The Balaban J connectivity index is 2.44. The molecule has 5 nitrogen and oxygen atoms in total. The Hall–Kier alpha value is -2.65. The number of hydrogen-bond donors (Lipinski definition) is 0. The molecule has 0 aliphatic heterocycles. The lowest BCUT2D eigenvalue weighted by atomic mass is 10.1. The van der Waals surface area contributed by atoms with Crippen LogP contribution in [-0.2, 0) is 4.79 Å². The zero-order valence-corrected chi connectivity index (χ0v) is 11.3. The molecule has 0 aromatic heterocycles. The summed E-state index contributed by atoms with van der Waals surface area (Å²) in [6.07, 6.45) is 0.163. The molecule has 0 N–H and O–H groups in total. The van der Waals surface area contributed by atoms with E-state index in [0.717, 1.165) is 0 Å². The smallest absolute Gasteiger partial charge is 0.317 e. The molecule has 0 fully saturated rings. The average molecular weight is 308 g/mol. The largest absolute Gasteiger partial charge is 0.471 e. The normalized spacial score (nSPS) is 19.7. The van der Waals surface area contributed by atoms with Crippen molar-refractivity contribution >= 4 is 5.91 Å². The third-order valence-electron chi connectivity index (χ3n) is 3.49. The van der Waals surface area contributed by atoms with Gasteiger partial charge >= 0.3 is 12.1 Å². The van der Waals surface area contributed by atoms with Gasteiger partial charge in [0.05, 0.1) is 18.6 Å². The molecular formula is C14H11F3N4O. The summed E-state index contributed by atoms with van der Waals surface area (Å²) in [6.45, 7) is -0.472. The Morgan fingerprint density at radius 3 is 2.64 bits per heavy atom. The fourth-order valence-corrected chi connectivity index (χ4v) is 2.63. The lowest BCUT2D eigenvalue weighted by molar-refractivity contribution is -0.187. The lowest BCUT2D eigenvalue weighted by Gasteiger charge is -2.28. The number of hydrogen-bond acceptors (Lipinski definition) is 2. The number of carbonyl (C=O) groups is 1. The summed E-state index contributed by atoms with van der Waals surface area (Å²) < 4.78 is 38.3. The van der Waals surface area contributed by atoms with E-state index in [-0.39, 0.29) is 6.42 Å². The fourth-order valence-electron chi connectivity index (χ4n) is 2.63. The van der Waals surface area contributed by atoms with Crippen molar-refractivity contribution in [3.8, 4) is 12.3 Å². The highest BCUT2D eigenvalue weighted by Gasteiger charge is 2.46. The maximum atomic E-state index is 12.8. The van der Waals surface area contributed by atoms with Crippen LogP contribution in [0.3, 0.4) is 0 Å². The molecule has 1 aliphatic rings. The minimum atomic E-state index is -5.01. The summed E-state index contributed by atoms with van der Waals surface area (Å²) in [5.41, 5.74) is 9.72. The van der Waals surface area contributed by atoms with Crippen LogP contribution in [0.15, 0.2) is 29.4 Å². The van der Waals surface area contributed by atoms with Crippen LogP contribution in [0.5, 0.6) is 0 Å². The van der Waals surface area contributed by atoms with Gasteiger partial charge in [0.15, 0.2) is 0 Å². The van der Waals surface area contributed by atoms with Crippen molar-refractivity contribution in [3.05, 3.63) is 45.8 Å². The van der Waals surface area contributed by atoms with Gasteiger partial charge in [-0.25, -0.2) is 0 Å². The van der Waals surface area contributed by atoms with Gasteiger partial charge < -0.3 is 4.90 Å². The van der Waals surface area contributed by atoms with Crippen LogP contribution in [0.2, 0.25) is 0 Å². The number of rotatable bonds is 3. The van der Waals surface area contributed by atoms with Crippen LogP contribution >= 0.6 is 0 Å². The number of amides is 1. The van der Waals surface area contributed by atoms with E-state index in [9.17, 15) is 18.0 Å². The number of nitrogens with zero attached hydrogens (tertiary/aromatic N) is 4. The number of terminal acetylenes is 1. The van der Waals surface area contributed by atoms with Gasteiger partial charge in [-0.3, -0.25) is 4.79 Å². The maximum absolute atomic E-state index is 12.8. The number of benzene rings is 1. The predicted molar refractivity (Wildman–Crippen MR) is 72.3 cm³/mol. The second-order valence-electron chi connectivity index (χ2n) is 4.74. The van der Waals surface area contributed by atoms with Crippen LogP contribution in [-0.4, -0.2) is 23.5 Å². The van der Waals surface area contributed by atoms with Crippen molar-refractivity contribution in [2.24, 2.45) is 5.11 Å². The molecule has 1 aliphatic carbocycles. The van der Waals surface area contributed by atoms with E-state index in [1.54, 1.807) is 24.3 Å². The molecule has 0 bridgehead atoms.